The Labute approximate surface area is 238 Å². The predicted molar refractivity (Wildman–Crippen MR) is 157 cm³/mol. The SMILES string of the molecule is Cc1nc(SCC(=O)N2CCN(C(c3ccccc3)c3ccccc3)CC2)n(C)c(=O)c1Cc1ccccc1F. The van der Waals surface area contributed by atoms with Gasteiger partial charge in [0.25, 0.3) is 5.56 Å². The number of thioether (sulfide) groups is 1. The van der Waals surface area contributed by atoms with Crippen molar-refractivity contribution in [1.82, 2.24) is 19.4 Å². The molecule has 8 heteroatoms. The Morgan fingerprint density at radius 1 is 0.900 bits per heavy atom. The van der Waals surface area contributed by atoms with Gasteiger partial charge in [-0.2, -0.15) is 0 Å². The highest BCUT2D eigenvalue weighted by atomic mass is 32.2. The van der Waals surface area contributed by atoms with Crippen LogP contribution in [-0.4, -0.2) is 57.2 Å². The number of rotatable bonds is 8. The summed E-state index contributed by atoms with van der Waals surface area (Å²) in [5, 5.41) is 0.486. The summed E-state index contributed by atoms with van der Waals surface area (Å²) in [6.07, 6.45) is 0.180. The maximum absolute atomic E-state index is 14.2. The molecule has 2 heterocycles. The van der Waals surface area contributed by atoms with Crippen LogP contribution in [0.5, 0.6) is 0 Å². The number of aromatic nitrogens is 2. The minimum Gasteiger partial charge on any atom is -0.339 e. The van der Waals surface area contributed by atoms with Gasteiger partial charge >= 0.3 is 0 Å². The van der Waals surface area contributed by atoms with Crippen LogP contribution in [0, 0.1) is 12.7 Å². The van der Waals surface area contributed by atoms with Gasteiger partial charge in [0.05, 0.1) is 11.8 Å². The maximum Gasteiger partial charge on any atom is 0.257 e. The van der Waals surface area contributed by atoms with E-state index in [1.165, 1.54) is 33.5 Å². The maximum atomic E-state index is 14.2. The molecule has 5 rings (SSSR count). The Kier molecular flexibility index (Phi) is 8.77. The summed E-state index contributed by atoms with van der Waals surface area (Å²) in [5.74, 6) is -0.109. The lowest BCUT2D eigenvalue weighted by molar-refractivity contribution is -0.130. The van der Waals surface area contributed by atoms with Crippen LogP contribution in [0.25, 0.3) is 0 Å². The standard InChI is InChI=1S/C32H33FN4O2S/c1-23-27(21-26-15-9-10-16-28(26)33)31(39)35(2)32(34-23)40-22-29(38)36-17-19-37(20-18-36)30(24-11-5-3-6-12-24)25-13-7-4-8-14-25/h3-16,30H,17-22H2,1-2H3. The highest BCUT2D eigenvalue weighted by molar-refractivity contribution is 7.99. The van der Waals surface area contributed by atoms with E-state index in [0.717, 1.165) is 13.1 Å². The van der Waals surface area contributed by atoms with E-state index in [9.17, 15) is 14.0 Å². The molecule has 0 radical (unpaired) electrons. The number of amides is 1. The van der Waals surface area contributed by atoms with Gasteiger partial charge < -0.3 is 4.90 Å². The normalized spacial score (nSPS) is 14.1. The molecule has 1 amide bonds. The third-order valence-corrected chi connectivity index (χ3v) is 8.48. The van der Waals surface area contributed by atoms with Crippen LogP contribution in [0.1, 0.15) is 34.0 Å². The van der Waals surface area contributed by atoms with Crippen molar-refractivity contribution in [2.24, 2.45) is 7.05 Å². The van der Waals surface area contributed by atoms with E-state index in [4.69, 9.17) is 0 Å². The molecule has 4 aromatic rings. The van der Waals surface area contributed by atoms with Crippen molar-refractivity contribution in [3.05, 3.63) is 129 Å². The van der Waals surface area contributed by atoms with Crippen LogP contribution in [-0.2, 0) is 18.3 Å². The molecule has 1 aromatic heterocycles. The van der Waals surface area contributed by atoms with Gasteiger partial charge in [0, 0.05) is 50.9 Å². The Morgan fingerprint density at radius 3 is 2.08 bits per heavy atom. The molecule has 1 aliphatic heterocycles. The molecule has 1 aliphatic rings. The van der Waals surface area contributed by atoms with Crippen LogP contribution < -0.4 is 5.56 Å². The highest BCUT2D eigenvalue weighted by Crippen LogP contribution is 2.29. The number of hydrogen-bond donors (Lipinski definition) is 0. The lowest BCUT2D eigenvalue weighted by Gasteiger charge is -2.39. The summed E-state index contributed by atoms with van der Waals surface area (Å²) < 4.78 is 15.6. The van der Waals surface area contributed by atoms with Crippen LogP contribution in [0.3, 0.4) is 0 Å². The fourth-order valence-corrected chi connectivity index (χ4v) is 6.14. The summed E-state index contributed by atoms with van der Waals surface area (Å²) in [4.78, 5) is 35.2. The molecule has 0 spiro atoms. The zero-order valence-corrected chi connectivity index (χ0v) is 23.6. The summed E-state index contributed by atoms with van der Waals surface area (Å²) in [6, 6.07) is 27.6. The van der Waals surface area contributed by atoms with Crippen molar-refractivity contribution in [1.29, 1.82) is 0 Å². The Balaban J connectivity index is 1.22. The molecule has 3 aromatic carbocycles. The molecule has 0 atom stereocenters. The van der Waals surface area contributed by atoms with Gasteiger partial charge in [0.2, 0.25) is 5.91 Å². The highest BCUT2D eigenvalue weighted by Gasteiger charge is 2.28. The first kappa shape index (κ1) is 27.8. The molecule has 0 N–H and O–H groups in total. The van der Waals surface area contributed by atoms with Gasteiger partial charge in [-0.25, -0.2) is 9.37 Å². The van der Waals surface area contributed by atoms with Crippen molar-refractivity contribution in [3.8, 4) is 0 Å². The molecule has 6 nitrogen and oxygen atoms in total. The van der Waals surface area contributed by atoms with Gasteiger partial charge in [-0.1, -0.05) is 90.6 Å². The number of benzene rings is 3. The number of hydrogen-bond acceptors (Lipinski definition) is 5. The number of nitrogens with zero attached hydrogens (tertiary/aromatic N) is 4. The Hall–Kier alpha value is -3.75. The first-order valence-electron chi connectivity index (χ1n) is 13.5. The smallest absolute Gasteiger partial charge is 0.257 e. The largest absolute Gasteiger partial charge is 0.339 e. The van der Waals surface area contributed by atoms with Crippen molar-refractivity contribution >= 4 is 17.7 Å². The number of halogens is 1. The summed E-state index contributed by atoms with van der Waals surface area (Å²) in [6.45, 7) is 4.58. The average molecular weight is 557 g/mol. The second-order valence-corrected chi connectivity index (χ2v) is 11.0. The van der Waals surface area contributed by atoms with Crippen LogP contribution in [0.2, 0.25) is 0 Å². The fraction of sp³-hybridized carbons (Fsp3) is 0.281. The van der Waals surface area contributed by atoms with Gasteiger partial charge in [-0.15, -0.1) is 0 Å². The number of carbonyl (C=O) groups excluding carboxylic acids is 1. The number of carbonyl (C=O) groups is 1. The van der Waals surface area contributed by atoms with Crippen molar-refractivity contribution in [2.75, 3.05) is 31.9 Å². The van der Waals surface area contributed by atoms with E-state index < -0.39 is 0 Å². The zero-order chi connectivity index (χ0) is 28.1. The van der Waals surface area contributed by atoms with E-state index in [2.05, 4.69) is 58.4 Å². The molecular formula is C32H33FN4O2S. The van der Waals surface area contributed by atoms with Gasteiger partial charge in [-0.3, -0.25) is 19.1 Å². The average Bonchev–Trinajstić information content (AvgIpc) is 2.99. The Morgan fingerprint density at radius 2 is 1.48 bits per heavy atom. The van der Waals surface area contributed by atoms with Crippen LogP contribution >= 0.6 is 11.8 Å². The predicted octanol–water partition coefficient (Wildman–Crippen LogP) is 4.84. The van der Waals surface area contributed by atoms with Crippen LogP contribution in [0.4, 0.5) is 4.39 Å². The first-order chi connectivity index (χ1) is 19.4. The monoisotopic (exact) mass is 556 g/mol. The van der Waals surface area contributed by atoms with Gasteiger partial charge in [0.1, 0.15) is 5.82 Å². The topological polar surface area (TPSA) is 58.4 Å². The number of piperazine rings is 1. The first-order valence-corrected chi connectivity index (χ1v) is 14.5. The van der Waals surface area contributed by atoms with E-state index in [1.807, 2.05) is 17.0 Å². The number of aryl methyl sites for hydroxylation is 1. The van der Waals surface area contributed by atoms with E-state index in [0.29, 0.717) is 35.1 Å². The van der Waals surface area contributed by atoms with E-state index in [-0.39, 0.29) is 35.5 Å². The molecule has 0 unspecified atom stereocenters. The van der Waals surface area contributed by atoms with Crippen molar-refractivity contribution < 1.29 is 9.18 Å². The fourth-order valence-electron chi connectivity index (χ4n) is 5.23. The molecule has 206 valence electrons. The molecule has 40 heavy (non-hydrogen) atoms. The lowest BCUT2D eigenvalue weighted by atomic mass is 9.96. The quantitative estimate of drug-likeness (QED) is 0.230. The molecule has 1 fully saturated rings. The molecule has 0 bridgehead atoms. The minimum atomic E-state index is -0.341. The van der Waals surface area contributed by atoms with Gasteiger partial charge in [-0.05, 0) is 29.7 Å². The molecular weight excluding hydrogens is 523 g/mol. The van der Waals surface area contributed by atoms with Crippen LogP contribution in [0.15, 0.2) is 94.9 Å². The third kappa shape index (κ3) is 6.18. The second kappa shape index (κ2) is 12.6. The molecule has 0 saturated carbocycles. The summed E-state index contributed by atoms with van der Waals surface area (Å²) in [5.41, 5.74) is 3.75. The van der Waals surface area contributed by atoms with Crippen molar-refractivity contribution in [3.63, 3.8) is 0 Å². The molecule has 1 saturated heterocycles. The van der Waals surface area contributed by atoms with Crippen molar-refractivity contribution in [2.45, 2.75) is 24.5 Å². The Bertz CT molecular complexity index is 1480. The minimum absolute atomic E-state index is 0.0305. The summed E-state index contributed by atoms with van der Waals surface area (Å²) in [7, 11) is 1.65. The third-order valence-electron chi connectivity index (χ3n) is 7.46. The van der Waals surface area contributed by atoms with E-state index >= 15 is 0 Å². The summed E-state index contributed by atoms with van der Waals surface area (Å²) >= 11 is 1.27. The van der Waals surface area contributed by atoms with Gasteiger partial charge in [0.15, 0.2) is 5.16 Å². The zero-order valence-electron chi connectivity index (χ0n) is 22.8. The van der Waals surface area contributed by atoms with E-state index in [1.54, 1.807) is 32.2 Å². The molecule has 0 aliphatic carbocycles. The second-order valence-electron chi connectivity index (χ2n) is 10.0. The lowest BCUT2D eigenvalue weighted by Crippen LogP contribution is -2.50.